The van der Waals surface area contributed by atoms with Gasteiger partial charge < -0.3 is 15.4 Å². The summed E-state index contributed by atoms with van der Waals surface area (Å²) in [6, 6.07) is 12.2. The highest BCUT2D eigenvalue weighted by Gasteiger charge is 2.11. The van der Waals surface area contributed by atoms with E-state index in [2.05, 4.69) is 0 Å². The Bertz CT molecular complexity index is 643. The second-order valence-electron chi connectivity index (χ2n) is 4.73. The number of anilines is 1. The summed E-state index contributed by atoms with van der Waals surface area (Å²) in [5, 5.41) is 0. The summed E-state index contributed by atoms with van der Waals surface area (Å²) < 4.78 is 18.5. The lowest BCUT2D eigenvalue weighted by Crippen LogP contribution is -2.21. The van der Waals surface area contributed by atoms with Gasteiger partial charge in [-0.3, -0.25) is 0 Å². The number of benzene rings is 2. The highest BCUT2D eigenvalue weighted by Crippen LogP contribution is 2.23. The zero-order chi connectivity index (χ0) is 15.4. The third-order valence-electron chi connectivity index (χ3n) is 3.21. The van der Waals surface area contributed by atoms with Crippen molar-refractivity contribution in [2.45, 2.75) is 6.54 Å². The highest BCUT2D eigenvalue weighted by molar-refractivity contribution is 7.80. The number of halogens is 1. The molecule has 0 radical (unpaired) electrons. The Morgan fingerprint density at radius 3 is 2.48 bits per heavy atom. The van der Waals surface area contributed by atoms with E-state index in [1.807, 2.05) is 36.2 Å². The van der Waals surface area contributed by atoms with E-state index in [0.717, 1.165) is 17.0 Å². The highest BCUT2D eigenvalue weighted by atomic mass is 32.1. The Balaban J connectivity index is 2.23. The van der Waals surface area contributed by atoms with Crippen LogP contribution in [0.4, 0.5) is 10.1 Å². The molecule has 0 spiro atoms. The number of hydrogen-bond acceptors (Lipinski definition) is 3. The van der Waals surface area contributed by atoms with E-state index in [-0.39, 0.29) is 10.8 Å². The van der Waals surface area contributed by atoms with Gasteiger partial charge in [-0.15, -0.1) is 0 Å². The number of rotatable bonds is 5. The summed E-state index contributed by atoms with van der Waals surface area (Å²) in [5.41, 5.74) is 8.13. The predicted molar refractivity (Wildman–Crippen MR) is 87.4 cm³/mol. The molecule has 0 unspecified atom stereocenters. The number of nitrogens with two attached hydrogens (primary N) is 1. The van der Waals surface area contributed by atoms with Gasteiger partial charge in [-0.1, -0.05) is 24.4 Å². The van der Waals surface area contributed by atoms with Crippen LogP contribution in [0.3, 0.4) is 0 Å². The molecule has 21 heavy (non-hydrogen) atoms. The molecule has 2 aromatic rings. The normalized spacial score (nSPS) is 10.2. The molecule has 0 amide bonds. The lowest BCUT2D eigenvalue weighted by Gasteiger charge is -2.22. The van der Waals surface area contributed by atoms with Crippen molar-refractivity contribution in [3.63, 3.8) is 0 Å². The maximum Gasteiger partial charge on any atom is 0.124 e. The zero-order valence-corrected chi connectivity index (χ0v) is 12.8. The van der Waals surface area contributed by atoms with Gasteiger partial charge in [0.2, 0.25) is 0 Å². The molecule has 3 nitrogen and oxygen atoms in total. The van der Waals surface area contributed by atoms with E-state index in [9.17, 15) is 4.39 Å². The summed E-state index contributed by atoms with van der Waals surface area (Å²) in [5.74, 6) is 0.464. The number of methoxy groups -OCH3 is 1. The molecular weight excluding hydrogens is 287 g/mol. The fourth-order valence-electron chi connectivity index (χ4n) is 2.13. The quantitative estimate of drug-likeness (QED) is 0.862. The van der Waals surface area contributed by atoms with Crippen LogP contribution in [0.15, 0.2) is 42.5 Å². The summed E-state index contributed by atoms with van der Waals surface area (Å²) in [7, 11) is 3.55. The molecule has 0 aliphatic carbocycles. The molecular formula is C16H17FN2OS. The summed E-state index contributed by atoms with van der Waals surface area (Å²) >= 11 is 4.99. The second kappa shape index (κ2) is 6.54. The van der Waals surface area contributed by atoms with Crippen LogP contribution in [0, 0.1) is 5.82 Å². The first kappa shape index (κ1) is 15.3. The van der Waals surface area contributed by atoms with Crippen LogP contribution in [0.2, 0.25) is 0 Å². The number of thiocarbonyl (C=S) groups is 1. The molecule has 2 rings (SSSR count). The monoisotopic (exact) mass is 304 g/mol. The first-order valence-electron chi connectivity index (χ1n) is 6.44. The number of ether oxygens (including phenoxy) is 1. The number of nitrogens with zero attached hydrogens (tertiary/aromatic N) is 1. The maximum atomic E-state index is 13.3. The van der Waals surface area contributed by atoms with Crippen LogP contribution < -0.4 is 15.4 Å². The van der Waals surface area contributed by atoms with Gasteiger partial charge in [0.25, 0.3) is 0 Å². The van der Waals surface area contributed by atoms with Crippen molar-refractivity contribution in [1.29, 1.82) is 0 Å². The third-order valence-corrected chi connectivity index (χ3v) is 3.43. The Morgan fingerprint density at radius 2 is 1.90 bits per heavy atom. The molecule has 5 heteroatoms. The molecule has 0 fully saturated rings. The lowest BCUT2D eigenvalue weighted by atomic mass is 10.1. The van der Waals surface area contributed by atoms with Crippen LogP contribution in [0.5, 0.6) is 5.75 Å². The molecule has 0 atom stereocenters. The molecule has 110 valence electrons. The largest absolute Gasteiger partial charge is 0.497 e. The molecule has 0 aliphatic rings. The van der Waals surface area contributed by atoms with E-state index in [4.69, 9.17) is 22.7 Å². The fourth-order valence-corrected chi connectivity index (χ4v) is 2.29. The van der Waals surface area contributed by atoms with E-state index >= 15 is 0 Å². The molecule has 0 bridgehead atoms. The van der Waals surface area contributed by atoms with Crippen molar-refractivity contribution in [1.82, 2.24) is 0 Å². The van der Waals surface area contributed by atoms with E-state index in [1.165, 1.54) is 12.1 Å². The Morgan fingerprint density at radius 1 is 1.24 bits per heavy atom. The summed E-state index contributed by atoms with van der Waals surface area (Å²) in [4.78, 5) is 2.17. The molecule has 0 aliphatic heterocycles. The van der Waals surface area contributed by atoms with Crippen molar-refractivity contribution < 1.29 is 9.13 Å². The molecule has 0 saturated heterocycles. The fraction of sp³-hybridized carbons (Fsp3) is 0.188. The standard InChI is InChI=1S/C16H17FN2OS/c1-19(10-11-3-6-13(20-2)7-4-11)15-8-5-12(17)9-14(15)16(18)21/h3-9H,10H2,1-2H3,(H2,18,21). The van der Waals surface area contributed by atoms with E-state index < -0.39 is 0 Å². The smallest absolute Gasteiger partial charge is 0.124 e. The Kier molecular flexibility index (Phi) is 4.75. The SMILES string of the molecule is COc1ccc(CN(C)c2ccc(F)cc2C(N)=S)cc1. The minimum absolute atomic E-state index is 0.186. The van der Waals surface area contributed by atoms with Gasteiger partial charge in [-0.25, -0.2) is 4.39 Å². The van der Waals surface area contributed by atoms with Gasteiger partial charge in [-0.05, 0) is 35.9 Å². The van der Waals surface area contributed by atoms with Crippen LogP contribution in [-0.4, -0.2) is 19.1 Å². The Hall–Kier alpha value is -2.14. The zero-order valence-electron chi connectivity index (χ0n) is 12.0. The predicted octanol–water partition coefficient (Wildman–Crippen LogP) is 3.10. The van der Waals surface area contributed by atoms with E-state index in [1.54, 1.807) is 13.2 Å². The van der Waals surface area contributed by atoms with Gasteiger partial charge in [-0.2, -0.15) is 0 Å². The van der Waals surface area contributed by atoms with Crippen molar-refractivity contribution in [3.05, 3.63) is 59.4 Å². The molecule has 0 heterocycles. The van der Waals surface area contributed by atoms with Gasteiger partial charge in [0.05, 0.1) is 7.11 Å². The molecule has 0 saturated carbocycles. The molecule has 0 aromatic heterocycles. The second-order valence-corrected chi connectivity index (χ2v) is 5.17. The van der Waals surface area contributed by atoms with Crippen molar-refractivity contribution in [2.75, 3.05) is 19.1 Å². The van der Waals surface area contributed by atoms with Crippen molar-refractivity contribution in [2.24, 2.45) is 5.73 Å². The van der Waals surface area contributed by atoms with Crippen LogP contribution in [-0.2, 0) is 6.54 Å². The van der Waals surface area contributed by atoms with Crippen LogP contribution >= 0.6 is 12.2 Å². The molecule has 2 N–H and O–H groups in total. The van der Waals surface area contributed by atoms with Gasteiger partial charge in [0.1, 0.15) is 16.6 Å². The first-order chi connectivity index (χ1) is 10.0. The first-order valence-corrected chi connectivity index (χ1v) is 6.85. The maximum absolute atomic E-state index is 13.3. The third kappa shape index (κ3) is 3.70. The molecule has 2 aromatic carbocycles. The van der Waals surface area contributed by atoms with Gasteiger partial charge >= 0.3 is 0 Å². The van der Waals surface area contributed by atoms with Crippen molar-refractivity contribution in [3.8, 4) is 5.75 Å². The van der Waals surface area contributed by atoms with Gasteiger partial charge in [0.15, 0.2) is 0 Å². The minimum atomic E-state index is -0.348. The Labute approximate surface area is 129 Å². The van der Waals surface area contributed by atoms with Gasteiger partial charge in [0, 0.05) is 24.8 Å². The lowest BCUT2D eigenvalue weighted by molar-refractivity contribution is 0.414. The van der Waals surface area contributed by atoms with Crippen LogP contribution in [0.1, 0.15) is 11.1 Å². The summed E-state index contributed by atoms with van der Waals surface area (Å²) in [6.07, 6.45) is 0. The van der Waals surface area contributed by atoms with E-state index in [0.29, 0.717) is 12.1 Å². The average Bonchev–Trinajstić information content (AvgIpc) is 2.47. The topological polar surface area (TPSA) is 38.5 Å². The summed E-state index contributed by atoms with van der Waals surface area (Å²) in [6.45, 7) is 0.658. The average molecular weight is 304 g/mol. The minimum Gasteiger partial charge on any atom is -0.497 e. The number of hydrogen-bond donors (Lipinski definition) is 1. The van der Waals surface area contributed by atoms with Crippen LogP contribution in [0.25, 0.3) is 0 Å². The van der Waals surface area contributed by atoms with Crippen molar-refractivity contribution >= 4 is 22.9 Å².